The molecular formula is C18H28F2N4O. The summed E-state index contributed by atoms with van der Waals surface area (Å²) in [5.74, 6) is -0.892. The van der Waals surface area contributed by atoms with Gasteiger partial charge in [0, 0.05) is 45.2 Å². The maximum absolute atomic E-state index is 13.4. The molecule has 0 bridgehead atoms. The van der Waals surface area contributed by atoms with Crippen molar-refractivity contribution in [3.63, 3.8) is 0 Å². The molecule has 2 rings (SSSR count). The van der Waals surface area contributed by atoms with Gasteiger partial charge in [-0.25, -0.2) is 8.78 Å². The van der Waals surface area contributed by atoms with Crippen molar-refractivity contribution in [3.05, 3.63) is 35.4 Å². The minimum Gasteiger partial charge on any atom is -0.379 e. The van der Waals surface area contributed by atoms with E-state index in [4.69, 9.17) is 4.74 Å². The van der Waals surface area contributed by atoms with Crippen molar-refractivity contribution in [3.8, 4) is 0 Å². The zero-order valence-corrected chi connectivity index (χ0v) is 15.0. The van der Waals surface area contributed by atoms with Gasteiger partial charge in [-0.3, -0.25) is 9.89 Å². The maximum Gasteiger partial charge on any atom is 0.191 e. The summed E-state index contributed by atoms with van der Waals surface area (Å²) in [6.45, 7) is 10.5. The number of hydrogen-bond donors (Lipinski definition) is 2. The Bertz CT molecular complexity index is 562. The van der Waals surface area contributed by atoms with Crippen molar-refractivity contribution in [2.75, 3.05) is 52.5 Å². The fraction of sp³-hybridized carbons (Fsp3) is 0.611. The fourth-order valence-corrected chi connectivity index (χ4v) is 2.65. The number of guanidine groups is 1. The molecule has 2 N–H and O–H groups in total. The van der Waals surface area contributed by atoms with Gasteiger partial charge in [0.1, 0.15) is 0 Å². The fourth-order valence-electron chi connectivity index (χ4n) is 2.65. The second-order valence-electron chi connectivity index (χ2n) is 6.18. The molecule has 5 nitrogen and oxygen atoms in total. The molecule has 1 heterocycles. The molecule has 25 heavy (non-hydrogen) atoms. The number of nitrogens with one attached hydrogen (secondary N) is 2. The first-order valence-corrected chi connectivity index (χ1v) is 8.87. The molecule has 1 aliphatic rings. The molecule has 140 valence electrons. The zero-order valence-electron chi connectivity index (χ0n) is 15.0. The van der Waals surface area contributed by atoms with Gasteiger partial charge >= 0.3 is 0 Å². The summed E-state index contributed by atoms with van der Waals surface area (Å²) in [7, 11) is 0. The highest BCUT2D eigenvalue weighted by Crippen LogP contribution is 2.18. The molecule has 0 spiro atoms. The van der Waals surface area contributed by atoms with Crippen molar-refractivity contribution >= 4 is 5.96 Å². The molecule has 1 aromatic carbocycles. The quantitative estimate of drug-likeness (QED) is 0.581. The Labute approximate surface area is 148 Å². The van der Waals surface area contributed by atoms with Gasteiger partial charge in [-0.2, -0.15) is 0 Å². The highest BCUT2D eigenvalue weighted by atomic mass is 19.2. The van der Waals surface area contributed by atoms with E-state index in [0.717, 1.165) is 63.5 Å². The molecule has 1 unspecified atom stereocenters. The Kier molecular flexibility index (Phi) is 8.08. The minimum atomic E-state index is -0.822. The molecule has 0 radical (unpaired) electrons. The summed E-state index contributed by atoms with van der Waals surface area (Å²) in [6.07, 6.45) is 0. The molecular weight excluding hydrogens is 326 g/mol. The Morgan fingerprint density at radius 1 is 1.24 bits per heavy atom. The van der Waals surface area contributed by atoms with Crippen molar-refractivity contribution in [1.29, 1.82) is 0 Å². The predicted octanol–water partition coefficient (Wildman–Crippen LogP) is 1.96. The first kappa shape index (κ1) is 19.6. The second kappa shape index (κ2) is 10.3. The van der Waals surface area contributed by atoms with Crippen molar-refractivity contribution in [2.24, 2.45) is 4.99 Å². The molecule has 0 aliphatic carbocycles. The van der Waals surface area contributed by atoms with Gasteiger partial charge in [-0.1, -0.05) is 13.0 Å². The number of benzene rings is 1. The largest absolute Gasteiger partial charge is 0.379 e. The third-order valence-corrected chi connectivity index (χ3v) is 4.20. The van der Waals surface area contributed by atoms with Gasteiger partial charge in [0.05, 0.1) is 13.2 Å². The zero-order chi connectivity index (χ0) is 18.1. The number of hydrogen-bond acceptors (Lipinski definition) is 3. The lowest BCUT2D eigenvalue weighted by Gasteiger charge is -2.26. The smallest absolute Gasteiger partial charge is 0.191 e. The minimum absolute atomic E-state index is 0.00444. The number of halogens is 2. The maximum atomic E-state index is 13.4. The van der Waals surface area contributed by atoms with Crippen LogP contribution in [0.2, 0.25) is 0 Å². The second-order valence-corrected chi connectivity index (χ2v) is 6.18. The van der Waals surface area contributed by atoms with E-state index in [9.17, 15) is 8.78 Å². The third-order valence-electron chi connectivity index (χ3n) is 4.20. The highest BCUT2D eigenvalue weighted by Gasteiger charge is 2.11. The first-order valence-electron chi connectivity index (χ1n) is 8.87. The Hall–Kier alpha value is -1.73. The topological polar surface area (TPSA) is 48.9 Å². The van der Waals surface area contributed by atoms with E-state index < -0.39 is 11.6 Å². The van der Waals surface area contributed by atoms with E-state index in [1.54, 1.807) is 6.07 Å². The summed E-state index contributed by atoms with van der Waals surface area (Å²) in [5, 5.41) is 6.53. The number of nitrogens with zero attached hydrogens (tertiary/aromatic N) is 2. The number of aliphatic imine (C=N–C) groups is 1. The van der Waals surface area contributed by atoms with Gasteiger partial charge in [-0.15, -0.1) is 0 Å². The Morgan fingerprint density at radius 2 is 2.00 bits per heavy atom. The van der Waals surface area contributed by atoms with Crippen LogP contribution in [0.1, 0.15) is 25.3 Å². The van der Waals surface area contributed by atoms with Crippen LogP contribution >= 0.6 is 0 Å². The van der Waals surface area contributed by atoms with Crippen LogP contribution in [0.5, 0.6) is 0 Å². The first-order chi connectivity index (χ1) is 12.1. The predicted molar refractivity (Wildman–Crippen MR) is 96.0 cm³/mol. The van der Waals surface area contributed by atoms with Crippen LogP contribution in [0.4, 0.5) is 8.78 Å². The van der Waals surface area contributed by atoms with Crippen molar-refractivity contribution < 1.29 is 13.5 Å². The average molecular weight is 354 g/mol. The van der Waals surface area contributed by atoms with Gasteiger partial charge < -0.3 is 15.4 Å². The Morgan fingerprint density at radius 3 is 2.68 bits per heavy atom. The molecule has 7 heteroatoms. The summed E-state index contributed by atoms with van der Waals surface area (Å²) in [5.41, 5.74) is 0.742. The molecule has 0 amide bonds. The van der Waals surface area contributed by atoms with Crippen molar-refractivity contribution in [2.45, 2.75) is 19.8 Å². The third kappa shape index (κ3) is 6.59. The van der Waals surface area contributed by atoms with Gasteiger partial charge in [-0.05, 0) is 24.6 Å². The molecule has 1 aromatic rings. The van der Waals surface area contributed by atoms with E-state index in [0.29, 0.717) is 6.54 Å². The molecule has 1 atom stereocenters. The lowest BCUT2D eigenvalue weighted by Crippen LogP contribution is -2.44. The molecule has 0 saturated carbocycles. The number of ether oxygens (including phenoxy) is 1. The summed E-state index contributed by atoms with van der Waals surface area (Å²) < 4.78 is 31.7. The molecule has 1 saturated heterocycles. The normalized spacial score (nSPS) is 17.4. The monoisotopic (exact) mass is 354 g/mol. The van der Waals surface area contributed by atoms with Crippen LogP contribution < -0.4 is 10.6 Å². The van der Waals surface area contributed by atoms with Gasteiger partial charge in [0.2, 0.25) is 0 Å². The van der Waals surface area contributed by atoms with Crippen LogP contribution in [-0.4, -0.2) is 63.3 Å². The van der Waals surface area contributed by atoms with Crippen LogP contribution in [0.25, 0.3) is 0 Å². The lowest BCUT2D eigenvalue weighted by molar-refractivity contribution is 0.0389. The van der Waals surface area contributed by atoms with Gasteiger partial charge in [0.25, 0.3) is 0 Å². The van der Waals surface area contributed by atoms with Crippen LogP contribution in [0, 0.1) is 11.6 Å². The van der Waals surface area contributed by atoms with E-state index in [1.165, 1.54) is 6.07 Å². The SMILES string of the molecule is CCNC(=NCC(C)c1ccc(F)c(F)c1)NCCN1CCOCC1. The molecule has 1 aliphatic heterocycles. The van der Waals surface area contributed by atoms with E-state index in [-0.39, 0.29) is 5.92 Å². The van der Waals surface area contributed by atoms with E-state index in [1.807, 2.05) is 13.8 Å². The highest BCUT2D eigenvalue weighted by molar-refractivity contribution is 5.79. The van der Waals surface area contributed by atoms with Gasteiger partial charge in [0.15, 0.2) is 17.6 Å². The Balaban J connectivity index is 1.83. The molecule has 0 aromatic heterocycles. The lowest BCUT2D eigenvalue weighted by atomic mass is 10.0. The molecule has 1 fully saturated rings. The van der Waals surface area contributed by atoms with E-state index >= 15 is 0 Å². The van der Waals surface area contributed by atoms with Crippen molar-refractivity contribution in [1.82, 2.24) is 15.5 Å². The summed E-state index contributed by atoms with van der Waals surface area (Å²) >= 11 is 0. The average Bonchev–Trinajstić information content (AvgIpc) is 2.62. The summed E-state index contributed by atoms with van der Waals surface area (Å²) in [4.78, 5) is 6.91. The number of rotatable bonds is 7. The van der Waals surface area contributed by atoms with Crippen LogP contribution in [-0.2, 0) is 4.74 Å². The number of morpholine rings is 1. The standard InChI is InChI=1S/C18H28F2N4O/c1-3-21-18(22-6-7-24-8-10-25-11-9-24)23-13-14(2)15-4-5-16(19)17(20)12-15/h4-5,12,14H,3,6-11,13H2,1-2H3,(H2,21,22,23). The van der Waals surface area contributed by atoms with E-state index in [2.05, 4.69) is 20.5 Å². The summed E-state index contributed by atoms with van der Waals surface area (Å²) in [6, 6.07) is 4.02. The van der Waals surface area contributed by atoms with Crippen LogP contribution in [0.3, 0.4) is 0 Å². The van der Waals surface area contributed by atoms with Crippen LogP contribution in [0.15, 0.2) is 23.2 Å².